The van der Waals surface area contributed by atoms with E-state index in [1.165, 1.54) is 223 Å². The van der Waals surface area contributed by atoms with Crippen LogP contribution in [0.25, 0.3) is 0 Å². The molecule has 0 saturated carbocycles. The molecule has 0 heterocycles. The average molecular weight is 789 g/mol. The van der Waals surface area contributed by atoms with Crippen molar-refractivity contribution in [2.24, 2.45) is 0 Å². The molecule has 2 aromatic carbocycles. The molecule has 0 bridgehead atoms. The molecule has 0 aromatic heterocycles. The molecular weight excluding hydrogens is 693 g/mol. The van der Waals surface area contributed by atoms with E-state index in [2.05, 4.69) is 58.0 Å². The van der Waals surface area contributed by atoms with E-state index in [9.17, 15) is 5.11 Å². The van der Waals surface area contributed by atoms with Crippen LogP contribution in [0, 0.1) is 0 Å². The normalized spacial score (nSPS) is 11.5. The Morgan fingerprint density at radius 1 is 0.316 bits per heavy atom. The summed E-state index contributed by atoms with van der Waals surface area (Å²) in [6.45, 7) is 10.1. The molecule has 0 fully saturated rings. The van der Waals surface area contributed by atoms with Crippen LogP contribution in [-0.4, -0.2) is 11.7 Å². The molecule has 328 valence electrons. The first-order valence-corrected chi connectivity index (χ1v) is 25.7. The highest BCUT2D eigenvalue weighted by Crippen LogP contribution is 2.39. The van der Waals surface area contributed by atoms with Crippen LogP contribution in [0.4, 0.5) is 0 Å². The van der Waals surface area contributed by atoms with Gasteiger partial charge in [-0.15, -0.1) is 0 Å². The highest BCUT2D eigenvalue weighted by Gasteiger charge is 2.23. The molecule has 57 heavy (non-hydrogen) atoms. The standard InChI is InChI=1S/C55H96O2/c1-5-9-13-17-20-22-23-26-29-39-47-54-52(45-37-28-25-21-18-14-10-6-2)50(43-38-30-31-40-48-57-49-41-33-32-34-42-49)51(44-36-27-24-19-15-11-7-3)53(55(54)56)46-35-16-12-8-4/h32-34,41-42,56H,5-31,35-40,43-48H2,1-4H3. The number of unbranched alkanes of at least 4 members (excludes halogenated alkanes) is 28. The van der Waals surface area contributed by atoms with E-state index < -0.39 is 0 Å². The number of benzene rings is 2. The first-order valence-electron chi connectivity index (χ1n) is 25.7. The smallest absolute Gasteiger partial charge is 0.122 e. The van der Waals surface area contributed by atoms with Crippen molar-refractivity contribution >= 4 is 0 Å². The molecule has 0 aliphatic heterocycles. The van der Waals surface area contributed by atoms with Crippen molar-refractivity contribution in [3.05, 3.63) is 58.1 Å². The van der Waals surface area contributed by atoms with Crippen LogP contribution in [0.5, 0.6) is 11.5 Å². The number of para-hydroxylation sites is 1. The van der Waals surface area contributed by atoms with E-state index in [0.29, 0.717) is 0 Å². The van der Waals surface area contributed by atoms with Crippen molar-refractivity contribution in [3.63, 3.8) is 0 Å². The van der Waals surface area contributed by atoms with E-state index in [-0.39, 0.29) is 0 Å². The van der Waals surface area contributed by atoms with Crippen molar-refractivity contribution < 1.29 is 9.84 Å². The van der Waals surface area contributed by atoms with Gasteiger partial charge < -0.3 is 9.84 Å². The monoisotopic (exact) mass is 789 g/mol. The van der Waals surface area contributed by atoms with Gasteiger partial charge in [0.25, 0.3) is 0 Å². The van der Waals surface area contributed by atoms with Gasteiger partial charge in [0.15, 0.2) is 0 Å². The lowest BCUT2D eigenvalue weighted by Gasteiger charge is -2.25. The molecule has 0 aliphatic rings. The Labute approximate surface area is 356 Å². The van der Waals surface area contributed by atoms with Crippen LogP contribution >= 0.6 is 0 Å². The summed E-state index contributed by atoms with van der Waals surface area (Å²) < 4.78 is 6.05. The number of ether oxygens (including phenoxy) is 1. The zero-order chi connectivity index (χ0) is 40.9. The summed E-state index contributed by atoms with van der Waals surface area (Å²) in [7, 11) is 0. The summed E-state index contributed by atoms with van der Waals surface area (Å²) in [5, 5.41) is 12.4. The number of rotatable bonds is 41. The zero-order valence-electron chi connectivity index (χ0n) is 38.8. The highest BCUT2D eigenvalue weighted by atomic mass is 16.5. The lowest BCUT2D eigenvalue weighted by Crippen LogP contribution is -2.11. The van der Waals surface area contributed by atoms with Crippen LogP contribution < -0.4 is 4.74 Å². The van der Waals surface area contributed by atoms with Crippen LogP contribution in [-0.2, 0) is 32.1 Å². The Morgan fingerprint density at radius 2 is 0.579 bits per heavy atom. The van der Waals surface area contributed by atoms with Crippen molar-refractivity contribution in [2.45, 2.75) is 272 Å². The summed E-state index contributed by atoms with van der Waals surface area (Å²) in [5.74, 6) is 1.72. The van der Waals surface area contributed by atoms with Crippen molar-refractivity contribution in [1.82, 2.24) is 0 Å². The minimum Gasteiger partial charge on any atom is -0.507 e. The largest absolute Gasteiger partial charge is 0.507 e. The van der Waals surface area contributed by atoms with Crippen LogP contribution in [0.1, 0.15) is 267 Å². The fourth-order valence-electron chi connectivity index (χ4n) is 9.13. The minimum atomic E-state index is 0.733. The molecule has 1 N–H and O–H groups in total. The number of phenolic OH excluding ortho intramolecular Hbond substituents is 1. The SMILES string of the molecule is CCCCCCCCCCCCc1c(O)c(CCCCCC)c(CCCCCCCCC)c(CCCCCCOc2ccccc2)c1CCCCCCCCCC. The maximum absolute atomic E-state index is 12.4. The molecule has 0 spiro atoms. The van der Waals surface area contributed by atoms with E-state index in [4.69, 9.17) is 4.74 Å². The summed E-state index contributed by atoms with van der Waals surface area (Å²) >= 11 is 0. The molecule has 0 unspecified atom stereocenters. The van der Waals surface area contributed by atoms with E-state index in [0.717, 1.165) is 50.2 Å². The van der Waals surface area contributed by atoms with Crippen molar-refractivity contribution in [2.75, 3.05) is 6.61 Å². The predicted molar refractivity (Wildman–Crippen MR) is 254 cm³/mol. The van der Waals surface area contributed by atoms with Gasteiger partial charge in [-0.05, 0) is 111 Å². The third-order valence-corrected chi connectivity index (χ3v) is 12.7. The second kappa shape index (κ2) is 37.1. The molecular formula is C55H96O2. The van der Waals surface area contributed by atoms with Gasteiger partial charge in [-0.3, -0.25) is 0 Å². The molecule has 0 saturated heterocycles. The second-order valence-electron chi connectivity index (χ2n) is 17.9. The van der Waals surface area contributed by atoms with Gasteiger partial charge in [0.1, 0.15) is 11.5 Å². The Kier molecular flexibility index (Phi) is 33.3. The van der Waals surface area contributed by atoms with Crippen LogP contribution in [0.3, 0.4) is 0 Å². The Morgan fingerprint density at radius 3 is 0.930 bits per heavy atom. The summed E-state index contributed by atoms with van der Waals surface area (Å²) in [4.78, 5) is 0. The van der Waals surface area contributed by atoms with Gasteiger partial charge in [-0.1, -0.05) is 219 Å². The van der Waals surface area contributed by atoms with Gasteiger partial charge in [0.2, 0.25) is 0 Å². The van der Waals surface area contributed by atoms with Crippen LogP contribution in [0.15, 0.2) is 30.3 Å². The van der Waals surface area contributed by atoms with Gasteiger partial charge in [-0.25, -0.2) is 0 Å². The minimum absolute atomic E-state index is 0.733. The lowest BCUT2D eigenvalue weighted by atomic mass is 9.80. The molecule has 2 rings (SSSR count). The number of hydrogen-bond donors (Lipinski definition) is 1. The van der Waals surface area contributed by atoms with Gasteiger partial charge in [-0.2, -0.15) is 0 Å². The maximum atomic E-state index is 12.4. The second-order valence-corrected chi connectivity index (χ2v) is 17.9. The summed E-state index contributed by atoms with van der Waals surface area (Å²) in [6.07, 6.45) is 49.5. The predicted octanol–water partition coefficient (Wildman–Crippen LogP) is 18.1. The van der Waals surface area contributed by atoms with E-state index in [1.54, 1.807) is 16.7 Å². The number of phenols is 1. The average Bonchev–Trinajstić information content (AvgIpc) is 3.23. The highest BCUT2D eigenvalue weighted by molar-refractivity contribution is 5.56. The quantitative estimate of drug-likeness (QED) is 0.0680. The molecule has 2 aromatic rings. The van der Waals surface area contributed by atoms with Crippen molar-refractivity contribution in [1.29, 1.82) is 0 Å². The first kappa shape index (κ1) is 51.2. The maximum Gasteiger partial charge on any atom is 0.122 e. The van der Waals surface area contributed by atoms with E-state index in [1.807, 2.05) is 0 Å². The van der Waals surface area contributed by atoms with Gasteiger partial charge in [0.05, 0.1) is 6.61 Å². The molecule has 2 nitrogen and oxygen atoms in total. The zero-order valence-corrected chi connectivity index (χ0v) is 38.8. The first-order chi connectivity index (χ1) is 28.2. The fraction of sp³-hybridized carbons (Fsp3) is 0.782. The number of hydrogen-bond acceptors (Lipinski definition) is 2. The fourth-order valence-corrected chi connectivity index (χ4v) is 9.13. The van der Waals surface area contributed by atoms with Crippen molar-refractivity contribution in [3.8, 4) is 11.5 Å². The molecule has 0 atom stereocenters. The van der Waals surface area contributed by atoms with Gasteiger partial charge in [0, 0.05) is 0 Å². The molecule has 0 radical (unpaired) electrons. The number of aromatic hydroxyl groups is 1. The third-order valence-electron chi connectivity index (χ3n) is 12.7. The summed E-state index contributed by atoms with van der Waals surface area (Å²) in [6, 6.07) is 10.3. The lowest BCUT2D eigenvalue weighted by molar-refractivity contribution is 0.304. The Hall–Kier alpha value is -1.96. The molecule has 2 heteroatoms. The van der Waals surface area contributed by atoms with Gasteiger partial charge >= 0.3 is 0 Å². The van der Waals surface area contributed by atoms with Crippen LogP contribution in [0.2, 0.25) is 0 Å². The Bertz CT molecular complexity index is 1170. The van der Waals surface area contributed by atoms with E-state index >= 15 is 0 Å². The third kappa shape index (κ3) is 24.7. The molecule has 0 amide bonds. The Balaban J connectivity index is 2.30. The summed E-state index contributed by atoms with van der Waals surface area (Å²) in [5.41, 5.74) is 7.61. The molecule has 0 aliphatic carbocycles. The topological polar surface area (TPSA) is 29.5 Å².